The van der Waals surface area contributed by atoms with Gasteiger partial charge in [-0.05, 0) is 38.9 Å². The molecule has 5 nitrogen and oxygen atoms in total. The van der Waals surface area contributed by atoms with Crippen LogP contribution in [0.25, 0.3) is 0 Å². The van der Waals surface area contributed by atoms with E-state index in [0.29, 0.717) is 0 Å². The standard InChI is InChI=1S/C16H25N3O2/c1-18(15-8-3-2-4-9-15)12-6-11-17-14-7-5-10-16(13-14)19(20)21/h5,7,10,13,15,17H,2-4,6,8-9,11-12H2,1H3. The van der Waals surface area contributed by atoms with Crippen LogP contribution < -0.4 is 5.32 Å². The van der Waals surface area contributed by atoms with E-state index < -0.39 is 0 Å². The lowest BCUT2D eigenvalue weighted by molar-refractivity contribution is -0.384. The predicted molar refractivity (Wildman–Crippen MR) is 85.7 cm³/mol. The fourth-order valence-corrected chi connectivity index (χ4v) is 3.00. The van der Waals surface area contributed by atoms with Gasteiger partial charge >= 0.3 is 0 Å². The van der Waals surface area contributed by atoms with E-state index >= 15 is 0 Å². The fraction of sp³-hybridized carbons (Fsp3) is 0.625. The van der Waals surface area contributed by atoms with Gasteiger partial charge < -0.3 is 10.2 Å². The molecular weight excluding hydrogens is 266 g/mol. The first-order valence-corrected chi connectivity index (χ1v) is 7.85. The van der Waals surface area contributed by atoms with Crippen LogP contribution in [0.15, 0.2) is 24.3 Å². The van der Waals surface area contributed by atoms with Gasteiger partial charge in [0.05, 0.1) is 4.92 Å². The van der Waals surface area contributed by atoms with Crippen molar-refractivity contribution in [1.82, 2.24) is 4.90 Å². The van der Waals surface area contributed by atoms with Crippen molar-refractivity contribution in [1.29, 1.82) is 0 Å². The highest BCUT2D eigenvalue weighted by Crippen LogP contribution is 2.21. The summed E-state index contributed by atoms with van der Waals surface area (Å²) in [6.45, 7) is 1.92. The van der Waals surface area contributed by atoms with E-state index in [1.807, 2.05) is 6.07 Å². The highest BCUT2D eigenvalue weighted by atomic mass is 16.6. The Morgan fingerprint density at radius 3 is 2.81 bits per heavy atom. The van der Waals surface area contributed by atoms with Crippen LogP contribution in [0, 0.1) is 10.1 Å². The summed E-state index contributed by atoms with van der Waals surface area (Å²) in [6, 6.07) is 7.44. The fourth-order valence-electron chi connectivity index (χ4n) is 3.00. The second kappa shape index (κ2) is 7.98. The lowest BCUT2D eigenvalue weighted by Gasteiger charge is -2.31. The van der Waals surface area contributed by atoms with Gasteiger partial charge in [-0.2, -0.15) is 0 Å². The first-order valence-electron chi connectivity index (χ1n) is 7.85. The van der Waals surface area contributed by atoms with Crippen LogP contribution in [0.4, 0.5) is 11.4 Å². The Balaban J connectivity index is 1.69. The summed E-state index contributed by atoms with van der Waals surface area (Å²) in [5.74, 6) is 0. The monoisotopic (exact) mass is 291 g/mol. The van der Waals surface area contributed by atoms with Gasteiger partial charge in [-0.15, -0.1) is 0 Å². The van der Waals surface area contributed by atoms with Crippen LogP contribution in [0.3, 0.4) is 0 Å². The number of nitrogens with one attached hydrogen (secondary N) is 1. The maximum absolute atomic E-state index is 10.7. The zero-order chi connectivity index (χ0) is 15.1. The number of nitrogens with zero attached hydrogens (tertiary/aromatic N) is 2. The molecule has 1 aliphatic rings. The Morgan fingerprint density at radius 2 is 2.10 bits per heavy atom. The van der Waals surface area contributed by atoms with Crippen molar-refractivity contribution < 1.29 is 4.92 Å². The second-order valence-corrected chi connectivity index (χ2v) is 5.86. The molecule has 1 N–H and O–H groups in total. The van der Waals surface area contributed by atoms with Gasteiger partial charge in [0.2, 0.25) is 0 Å². The average molecular weight is 291 g/mol. The maximum Gasteiger partial charge on any atom is 0.271 e. The molecule has 0 unspecified atom stereocenters. The summed E-state index contributed by atoms with van der Waals surface area (Å²) in [4.78, 5) is 12.8. The van der Waals surface area contributed by atoms with Crippen LogP contribution in [-0.4, -0.2) is 36.0 Å². The normalized spacial score (nSPS) is 16.1. The van der Waals surface area contributed by atoms with Gasteiger partial charge in [-0.25, -0.2) is 0 Å². The molecule has 0 radical (unpaired) electrons. The van der Waals surface area contributed by atoms with Gasteiger partial charge in [-0.3, -0.25) is 10.1 Å². The molecule has 0 heterocycles. The number of nitro benzene ring substituents is 1. The number of hydrogen-bond acceptors (Lipinski definition) is 4. The van der Waals surface area contributed by atoms with Crippen molar-refractivity contribution in [3.8, 4) is 0 Å². The molecular formula is C16H25N3O2. The van der Waals surface area contributed by atoms with Crippen LogP contribution in [-0.2, 0) is 0 Å². The smallest absolute Gasteiger partial charge is 0.271 e. The lowest BCUT2D eigenvalue weighted by atomic mass is 9.94. The van der Waals surface area contributed by atoms with Gasteiger partial charge in [0, 0.05) is 30.4 Å². The SMILES string of the molecule is CN(CCCNc1cccc([N+](=O)[O-])c1)C1CCCCC1. The molecule has 0 atom stereocenters. The first-order chi connectivity index (χ1) is 10.2. The van der Waals surface area contributed by atoms with E-state index in [1.165, 1.54) is 38.2 Å². The summed E-state index contributed by atoms with van der Waals surface area (Å²) in [5, 5.41) is 14.0. The van der Waals surface area contributed by atoms with Crippen molar-refractivity contribution in [2.24, 2.45) is 0 Å². The maximum atomic E-state index is 10.7. The molecule has 0 spiro atoms. The third kappa shape index (κ3) is 5.01. The number of nitro groups is 1. The number of benzene rings is 1. The van der Waals surface area contributed by atoms with E-state index in [4.69, 9.17) is 0 Å². The number of hydrogen-bond donors (Lipinski definition) is 1. The van der Waals surface area contributed by atoms with Gasteiger partial charge in [0.1, 0.15) is 0 Å². The molecule has 0 aliphatic heterocycles. The Kier molecular flexibility index (Phi) is 5.99. The topological polar surface area (TPSA) is 58.4 Å². The highest BCUT2D eigenvalue weighted by molar-refractivity contribution is 5.50. The largest absolute Gasteiger partial charge is 0.385 e. The Hall–Kier alpha value is -1.62. The predicted octanol–water partition coefficient (Wildman–Crippen LogP) is 3.66. The van der Waals surface area contributed by atoms with E-state index in [0.717, 1.165) is 31.2 Å². The summed E-state index contributed by atoms with van der Waals surface area (Å²) in [6.07, 6.45) is 7.82. The van der Waals surface area contributed by atoms with Gasteiger partial charge in [0.25, 0.3) is 5.69 Å². The third-order valence-electron chi connectivity index (χ3n) is 4.27. The second-order valence-electron chi connectivity index (χ2n) is 5.86. The average Bonchev–Trinajstić information content (AvgIpc) is 2.52. The minimum Gasteiger partial charge on any atom is -0.385 e. The number of non-ortho nitro benzene ring substituents is 1. The molecule has 116 valence electrons. The lowest BCUT2D eigenvalue weighted by Crippen LogP contribution is -2.34. The van der Waals surface area contributed by atoms with Crippen molar-refractivity contribution in [2.45, 2.75) is 44.6 Å². The van der Waals surface area contributed by atoms with E-state index in [1.54, 1.807) is 12.1 Å². The van der Waals surface area contributed by atoms with Crippen molar-refractivity contribution in [3.05, 3.63) is 34.4 Å². The molecule has 0 saturated heterocycles. The van der Waals surface area contributed by atoms with E-state index in [2.05, 4.69) is 17.3 Å². The summed E-state index contributed by atoms with van der Waals surface area (Å²) in [7, 11) is 2.21. The summed E-state index contributed by atoms with van der Waals surface area (Å²) in [5.41, 5.74) is 0.962. The van der Waals surface area contributed by atoms with Crippen LogP contribution >= 0.6 is 0 Å². The van der Waals surface area contributed by atoms with E-state index in [9.17, 15) is 10.1 Å². The molecule has 1 aromatic rings. The zero-order valence-corrected chi connectivity index (χ0v) is 12.8. The summed E-state index contributed by atoms with van der Waals surface area (Å²) < 4.78 is 0. The molecule has 1 aliphatic carbocycles. The minimum atomic E-state index is -0.359. The van der Waals surface area contributed by atoms with Crippen molar-refractivity contribution >= 4 is 11.4 Å². The van der Waals surface area contributed by atoms with Crippen molar-refractivity contribution in [3.63, 3.8) is 0 Å². The Bertz CT molecular complexity index is 459. The quantitative estimate of drug-likeness (QED) is 0.473. The van der Waals surface area contributed by atoms with Crippen LogP contribution in [0.1, 0.15) is 38.5 Å². The molecule has 5 heteroatoms. The number of rotatable bonds is 7. The number of anilines is 1. The van der Waals surface area contributed by atoms with Crippen LogP contribution in [0.5, 0.6) is 0 Å². The molecule has 2 rings (SSSR count). The third-order valence-corrected chi connectivity index (χ3v) is 4.27. The Morgan fingerprint density at radius 1 is 1.33 bits per heavy atom. The van der Waals surface area contributed by atoms with Gasteiger partial charge in [-0.1, -0.05) is 25.3 Å². The molecule has 21 heavy (non-hydrogen) atoms. The van der Waals surface area contributed by atoms with Crippen molar-refractivity contribution in [2.75, 3.05) is 25.5 Å². The molecule has 0 aromatic heterocycles. The molecule has 0 amide bonds. The minimum absolute atomic E-state index is 0.138. The zero-order valence-electron chi connectivity index (χ0n) is 12.8. The molecule has 1 aromatic carbocycles. The first kappa shape index (κ1) is 15.8. The molecule has 0 bridgehead atoms. The summed E-state index contributed by atoms with van der Waals surface area (Å²) >= 11 is 0. The molecule has 1 saturated carbocycles. The Labute approximate surface area is 126 Å². The van der Waals surface area contributed by atoms with E-state index in [-0.39, 0.29) is 10.6 Å². The highest BCUT2D eigenvalue weighted by Gasteiger charge is 2.17. The van der Waals surface area contributed by atoms with Crippen LogP contribution in [0.2, 0.25) is 0 Å². The molecule has 1 fully saturated rings. The van der Waals surface area contributed by atoms with Gasteiger partial charge in [0.15, 0.2) is 0 Å².